The van der Waals surface area contributed by atoms with E-state index in [1.165, 1.54) is 0 Å². The molecule has 2 aromatic carbocycles. The Hall–Kier alpha value is -1.02. The Morgan fingerprint density at radius 2 is 0.891 bits per heavy atom. The number of ether oxygens (including phenoxy) is 6. The summed E-state index contributed by atoms with van der Waals surface area (Å²) < 4.78 is 85.5. The van der Waals surface area contributed by atoms with Crippen LogP contribution in [0.3, 0.4) is 0 Å². The Labute approximate surface area is 338 Å². The summed E-state index contributed by atoms with van der Waals surface area (Å²) in [5.41, 5.74) is 2.17. The van der Waals surface area contributed by atoms with Crippen LogP contribution in [0.5, 0.6) is 23.0 Å². The molecule has 0 bridgehead atoms. The predicted octanol–water partition coefficient (Wildman–Crippen LogP) is 5.38. The maximum atomic E-state index is 6.39. The lowest BCUT2D eigenvalue weighted by atomic mass is 10.0. The van der Waals surface area contributed by atoms with Crippen LogP contribution >= 0.6 is 0 Å². The maximum Gasteiger partial charge on any atom is 0.362 e. The molecule has 4 saturated heterocycles. The minimum atomic E-state index is -2.46. The molecule has 4 heterocycles. The number of benzene rings is 2. The Bertz CT molecular complexity index is 1390. The summed E-state index contributed by atoms with van der Waals surface area (Å²) in [6.45, 7) is 19.6. The lowest BCUT2D eigenvalue weighted by molar-refractivity contribution is 0.238. The number of hydrogen-bond acceptors (Lipinski definition) is 14. The van der Waals surface area contributed by atoms with Gasteiger partial charge in [0.05, 0.1) is 26.4 Å². The lowest BCUT2D eigenvalue weighted by Crippen LogP contribution is -2.53. The number of rotatable bonds is 18. The first kappa shape index (κ1) is 43.6. The first-order valence-electron chi connectivity index (χ1n) is 18.8. The van der Waals surface area contributed by atoms with Crippen molar-refractivity contribution in [1.29, 1.82) is 0 Å². The molecule has 0 spiro atoms. The summed E-state index contributed by atoms with van der Waals surface area (Å²) in [7, 11) is -13.3. The van der Waals surface area contributed by atoms with E-state index in [0.29, 0.717) is 69.1 Å². The highest BCUT2D eigenvalue weighted by atomic mass is 28.5. The molecular formula is C33H54O14Si8. The van der Waals surface area contributed by atoms with E-state index in [0.717, 1.165) is 36.1 Å². The molecule has 4 aliphatic rings. The molecule has 2 atom stereocenters. The van der Waals surface area contributed by atoms with Crippen molar-refractivity contribution in [1.82, 2.24) is 0 Å². The van der Waals surface area contributed by atoms with Gasteiger partial charge in [0.25, 0.3) is 0 Å². The highest BCUT2D eigenvalue weighted by molar-refractivity contribution is 6.82. The molecule has 14 nitrogen and oxygen atoms in total. The van der Waals surface area contributed by atoms with E-state index in [4.69, 9.17) is 61.3 Å². The summed E-state index contributed by atoms with van der Waals surface area (Å²) >= 11 is 0. The lowest BCUT2D eigenvalue weighted by Gasteiger charge is -2.35. The van der Waals surface area contributed by atoms with Gasteiger partial charge in [0.2, 0.25) is 0 Å². The number of epoxide rings is 2. The van der Waals surface area contributed by atoms with Crippen molar-refractivity contribution in [2.75, 3.05) is 39.6 Å². The highest BCUT2D eigenvalue weighted by Gasteiger charge is 2.42. The summed E-state index contributed by atoms with van der Waals surface area (Å²) in [6, 6.07) is 13.8. The molecule has 0 aromatic heterocycles. The van der Waals surface area contributed by atoms with Crippen molar-refractivity contribution in [3.8, 4) is 23.0 Å². The van der Waals surface area contributed by atoms with Crippen LogP contribution in [0.4, 0.5) is 0 Å². The standard InChI is InChI=1S/C33H54O14Si8/c1-48-40-50(3)44-54(7,45-51(4)41-48)17-9-15-34-30-13-11-26(20-32(30)38-24-28-22-36-28)19-27-12-14-31(33(21-27)39-25-29-23-37-29)35-16-10-18-55(8)46-52(5)42-49(2)43-53(6)47-55/h11-14,20-21,28-29H,9-10,15-19,22-25H2,1-8H3. The summed E-state index contributed by atoms with van der Waals surface area (Å²) in [5, 5.41) is 0. The van der Waals surface area contributed by atoms with Crippen molar-refractivity contribution in [2.24, 2.45) is 0 Å². The van der Waals surface area contributed by atoms with Gasteiger partial charge < -0.3 is 61.3 Å². The summed E-state index contributed by atoms with van der Waals surface area (Å²) in [4.78, 5) is 0. The fourth-order valence-corrected chi connectivity index (χ4v) is 30.0. The van der Waals surface area contributed by atoms with Crippen molar-refractivity contribution < 1.29 is 61.3 Å². The quantitative estimate of drug-likeness (QED) is 0.108. The minimum Gasteiger partial charge on any atom is -0.490 e. The molecule has 4 aliphatic heterocycles. The van der Waals surface area contributed by atoms with Crippen LogP contribution in [0.2, 0.25) is 64.5 Å². The van der Waals surface area contributed by atoms with Gasteiger partial charge in [0.15, 0.2) is 23.0 Å². The Kier molecular flexibility index (Phi) is 16.1. The molecular weight excluding hydrogens is 845 g/mol. The molecule has 0 aliphatic carbocycles. The van der Waals surface area contributed by atoms with E-state index in [9.17, 15) is 0 Å². The van der Waals surface area contributed by atoms with E-state index in [2.05, 4.69) is 37.4 Å². The van der Waals surface area contributed by atoms with Crippen LogP contribution in [0.25, 0.3) is 0 Å². The van der Waals surface area contributed by atoms with Crippen LogP contribution in [-0.2, 0) is 48.8 Å². The molecule has 0 amide bonds. The molecule has 6 rings (SSSR count). The monoisotopic (exact) mass is 898 g/mol. The van der Waals surface area contributed by atoms with Crippen LogP contribution in [0, 0.1) is 0 Å². The number of hydrogen-bond donors (Lipinski definition) is 0. The Morgan fingerprint density at radius 3 is 1.24 bits per heavy atom. The molecule has 0 saturated carbocycles. The normalized spacial score (nSPS) is 24.4. The summed E-state index contributed by atoms with van der Waals surface area (Å²) in [6.07, 6.45) is 2.46. The van der Waals surface area contributed by atoms with E-state index < -0.39 is 72.8 Å². The molecule has 6 radical (unpaired) electrons. The van der Waals surface area contributed by atoms with E-state index >= 15 is 0 Å². The zero-order chi connectivity index (χ0) is 39.0. The van der Waals surface area contributed by atoms with Crippen LogP contribution < -0.4 is 18.9 Å². The summed E-state index contributed by atoms with van der Waals surface area (Å²) in [5.74, 6) is 2.81. The van der Waals surface area contributed by atoms with Gasteiger partial charge in [-0.15, -0.1) is 0 Å². The third-order valence-corrected chi connectivity index (χ3v) is 32.0. The van der Waals surface area contributed by atoms with Crippen LogP contribution in [0.15, 0.2) is 36.4 Å². The topological polar surface area (TPSA) is 136 Å². The van der Waals surface area contributed by atoms with Gasteiger partial charge in [0.1, 0.15) is 25.4 Å². The molecule has 0 N–H and O–H groups in total. The minimum absolute atomic E-state index is 0.119. The van der Waals surface area contributed by atoms with Gasteiger partial charge in [-0.1, -0.05) is 12.1 Å². The smallest absolute Gasteiger partial charge is 0.362 e. The van der Waals surface area contributed by atoms with Crippen LogP contribution in [-0.4, -0.2) is 125 Å². The SMILES string of the molecule is C[Si]1O[Si](C)O[Si](C)(CCCOc2ccc(Cc3ccc(OCCC[Si]4(C)O[Si](C)O[Si](C)O[Si](C)O4)c(OCC4CO4)c3)cc2OCC2CO2)O[Si](C)O1. The zero-order valence-electron chi connectivity index (χ0n) is 33.1. The maximum absolute atomic E-state index is 6.39. The van der Waals surface area contributed by atoms with Crippen molar-refractivity contribution in [2.45, 2.75) is 95.9 Å². The Morgan fingerprint density at radius 1 is 0.527 bits per heavy atom. The molecule has 2 unspecified atom stereocenters. The second kappa shape index (κ2) is 20.3. The molecule has 55 heavy (non-hydrogen) atoms. The highest BCUT2D eigenvalue weighted by Crippen LogP contribution is 2.34. The van der Waals surface area contributed by atoms with E-state index in [1.807, 2.05) is 51.4 Å². The van der Waals surface area contributed by atoms with Crippen LogP contribution in [0.1, 0.15) is 24.0 Å². The van der Waals surface area contributed by atoms with Gasteiger partial charge in [-0.05, 0) is 119 Å². The average Bonchev–Trinajstić information content (AvgIpc) is 4.02. The first-order chi connectivity index (χ1) is 26.3. The largest absolute Gasteiger partial charge is 0.490 e. The van der Waals surface area contributed by atoms with Gasteiger partial charge in [-0.3, -0.25) is 0 Å². The van der Waals surface area contributed by atoms with Gasteiger partial charge >= 0.3 is 72.8 Å². The van der Waals surface area contributed by atoms with Gasteiger partial charge in [-0.25, -0.2) is 0 Å². The van der Waals surface area contributed by atoms with Gasteiger partial charge in [0, 0.05) is 0 Å². The van der Waals surface area contributed by atoms with Crippen molar-refractivity contribution in [3.05, 3.63) is 47.5 Å². The van der Waals surface area contributed by atoms with E-state index in [-0.39, 0.29) is 12.2 Å². The predicted molar refractivity (Wildman–Crippen MR) is 218 cm³/mol. The Balaban J connectivity index is 1.05. The second-order valence-electron chi connectivity index (χ2n) is 14.2. The van der Waals surface area contributed by atoms with Crippen molar-refractivity contribution >= 4 is 72.8 Å². The molecule has 22 heteroatoms. The van der Waals surface area contributed by atoms with Crippen molar-refractivity contribution in [3.63, 3.8) is 0 Å². The second-order valence-corrected chi connectivity index (χ2v) is 32.2. The molecule has 2 aromatic rings. The third-order valence-electron chi connectivity index (χ3n) is 8.73. The fourth-order valence-electron chi connectivity index (χ4n) is 6.27. The zero-order valence-corrected chi connectivity index (χ0v) is 41.1. The molecule has 302 valence electrons. The fraction of sp³-hybridized carbons (Fsp3) is 0.636. The molecule has 4 fully saturated rings. The third kappa shape index (κ3) is 14.6. The van der Waals surface area contributed by atoms with Gasteiger partial charge in [-0.2, -0.15) is 0 Å². The first-order valence-corrected chi connectivity index (χ1v) is 34.8. The average molecular weight is 899 g/mol. The van der Waals surface area contributed by atoms with E-state index in [1.54, 1.807) is 0 Å².